The van der Waals surface area contributed by atoms with Crippen molar-refractivity contribution in [3.8, 4) is 0 Å². The van der Waals surface area contributed by atoms with E-state index in [2.05, 4.69) is 15.4 Å². The first kappa shape index (κ1) is 11.6. The van der Waals surface area contributed by atoms with Gasteiger partial charge in [0.2, 0.25) is 0 Å². The molecule has 0 bridgehead atoms. The van der Waals surface area contributed by atoms with Crippen molar-refractivity contribution in [1.82, 2.24) is 15.4 Å². The van der Waals surface area contributed by atoms with Crippen molar-refractivity contribution in [1.29, 1.82) is 0 Å². The van der Waals surface area contributed by atoms with Crippen LogP contribution in [0.4, 0.5) is 0 Å². The largest absolute Gasteiger partial charge is 1.00 e. The molecule has 60 valence electrons. The van der Waals surface area contributed by atoms with Gasteiger partial charge in [-0.3, -0.25) is 0 Å². The fraction of sp³-hybridized carbons (Fsp3) is 0.250. The second kappa shape index (κ2) is 6.17. The van der Waals surface area contributed by atoms with Gasteiger partial charge < -0.3 is 16.8 Å². The van der Waals surface area contributed by atoms with E-state index in [0.29, 0.717) is 0 Å². The standard InChI is InChI=1S/C6H4N3.C2H6.Na.H/c1-2-4-6-5(3-1)7-9-8-6;1-2;;/h1-4H;1-2H3;;/q-1;;+1;-1. The zero-order chi connectivity index (χ0) is 8.10. The first-order chi connectivity index (χ1) is 5.47. The Morgan fingerprint density at radius 2 is 1.50 bits per heavy atom. The van der Waals surface area contributed by atoms with Crippen molar-refractivity contribution in [2.45, 2.75) is 13.8 Å². The van der Waals surface area contributed by atoms with E-state index in [9.17, 15) is 0 Å². The normalized spacial score (nSPS) is 8.17. The van der Waals surface area contributed by atoms with E-state index in [1.54, 1.807) is 0 Å². The fourth-order valence-corrected chi connectivity index (χ4v) is 0.752. The molecule has 2 aromatic rings. The number of aromatic nitrogens is 3. The maximum atomic E-state index is 3.76. The van der Waals surface area contributed by atoms with Gasteiger partial charge in [0.25, 0.3) is 0 Å². The minimum atomic E-state index is 0. The van der Waals surface area contributed by atoms with Gasteiger partial charge in [0.1, 0.15) is 0 Å². The summed E-state index contributed by atoms with van der Waals surface area (Å²) in [6, 6.07) is 7.60. The summed E-state index contributed by atoms with van der Waals surface area (Å²) in [6.45, 7) is 4.00. The molecule has 0 saturated carbocycles. The van der Waals surface area contributed by atoms with E-state index in [1.165, 1.54) is 0 Å². The molecule has 0 saturated heterocycles. The number of hydrogen-bond acceptors (Lipinski definition) is 2. The molecule has 0 aliphatic carbocycles. The maximum absolute atomic E-state index is 3.76. The fourth-order valence-electron chi connectivity index (χ4n) is 0.752. The van der Waals surface area contributed by atoms with Gasteiger partial charge >= 0.3 is 29.6 Å². The summed E-state index contributed by atoms with van der Waals surface area (Å²) in [5, 5.41) is 11.0. The summed E-state index contributed by atoms with van der Waals surface area (Å²) < 4.78 is 0. The van der Waals surface area contributed by atoms with E-state index in [4.69, 9.17) is 0 Å². The Bertz CT molecular complexity index is 293. The van der Waals surface area contributed by atoms with Crippen LogP contribution in [0.25, 0.3) is 11.0 Å². The SMILES string of the molecule is CC.[H-].[Na+].c1ccc2n[n-]nc2c1. The van der Waals surface area contributed by atoms with E-state index < -0.39 is 0 Å². The zero-order valence-electron chi connectivity index (χ0n) is 8.65. The van der Waals surface area contributed by atoms with E-state index in [0.717, 1.165) is 11.0 Å². The third-order valence-electron chi connectivity index (χ3n) is 1.19. The molecule has 0 fully saturated rings. The van der Waals surface area contributed by atoms with Crippen molar-refractivity contribution in [2.75, 3.05) is 0 Å². The molecule has 3 nitrogen and oxygen atoms in total. The van der Waals surface area contributed by atoms with Gasteiger partial charge in [-0.1, -0.05) is 26.0 Å². The van der Waals surface area contributed by atoms with Gasteiger partial charge in [-0.05, 0) is 12.1 Å². The van der Waals surface area contributed by atoms with Crippen molar-refractivity contribution in [3.63, 3.8) is 0 Å². The number of rotatable bonds is 0. The second-order valence-corrected chi connectivity index (χ2v) is 1.78. The summed E-state index contributed by atoms with van der Waals surface area (Å²) >= 11 is 0. The number of hydrogen-bond donors (Lipinski definition) is 0. The molecule has 0 unspecified atom stereocenters. The predicted molar refractivity (Wildman–Crippen MR) is 45.3 cm³/mol. The van der Waals surface area contributed by atoms with Gasteiger partial charge in [0, 0.05) is 0 Å². The van der Waals surface area contributed by atoms with Crippen LogP contribution in [-0.4, -0.2) is 10.2 Å². The average molecular weight is 172 g/mol. The summed E-state index contributed by atoms with van der Waals surface area (Å²) in [6.07, 6.45) is 0. The maximum Gasteiger partial charge on any atom is 1.00 e. The topological polar surface area (TPSA) is 39.9 Å². The Labute approximate surface area is 95.3 Å². The summed E-state index contributed by atoms with van der Waals surface area (Å²) in [5.41, 5.74) is 1.72. The van der Waals surface area contributed by atoms with Crippen LogP contribution < -0.4 is 34.8 Å². The van der Waals surface area contributed by atoms with Crippen LogP contribution in [0.3, 0.4) is 0 Å². The Morgan fingerprint density at radius 1 is 1.08 bits per heavy atom. The second-order valence-electron chi connectivity index (χ2n) is 1.78. The van der Waals surface area contributed by atoms with Gasteiger partial charge in [0.15, 0.2) is 0 Å². The van der Waals surface area contributed by atoms with E-state index in [-0.39, 0.29) is 31.0 Å². The molecule has 0 spiro atoms. The first-order valence-corrected chi connectivity index (χ1v) is 3.67. The van der Waals surface area contributed by atoms with E-state index >= 15 is 0 Å². The summed E-state index contributed by atoms with van der Waals surface area (Å²) in [7, 11) is 0. The van der Waals surface area contributed by atoms with Gasteiger partial charge in [-0.2, -0.15) is 0 Å². The molecule has 1 aromatic heterocycles. The van der Waals surface area contributed by atoms with E-state index in [1.807, 2.05) is 38.1 Å². The van der Waals surface area contributed by atoms with Crippen molar-refractivity contribution >= 4 is 11.0 Å². The Kier molecular flexibility index (Phi) is 5.98. The predicted octanol–water partition coefficient (Wildman–Crippen LogP) is -1.27. The smallest absolute Gasteiger partial charge is 1.00 e. The monoisotopic (exact) mass is 172 g/mol. The summed E-state index contributed by atoms with van der Waals surface area (Å²) in [4.78, 5) is 0. The third kappa shape index (κ3) is 2.59. The molecule has 0 atom stereocenters. The van der Waals surface area contributed by atoms with Gasteiger partial charge in [-0.25, -0.2) is 0 Å². The molecular formula is C8H11N3Na-. The summed E-state index contributed by atoms with van der Waals surface area (Å²) in [5.74, 6) is 0. The molecule has 0 radical (unpaired) electrons. The Morgan fingerprint density at radius 3 is 1.92 bits per heavy atom. The molecule has 1 heterocycles. The minimum absolute atomic E-state index is 0. The van der Waals surface area contributed by atoms with Crippen molar-refractivity contribution in [2.24, 2.45) is 0 Å². The van der Waals surface area contributed by atoms with Crippen LogP contribution in [0.1, 0.15) is 15.3 Å². The first-order valence-electron chi connectivity index (χ1n) is 3.67. The average Bonchev–Trinajstić information content (AvgIpc) is 2.55. The molecule has 1 aromatic carbocycles. The molecule has 0 aliphatic heterocycles. The van der Waals surface area contributed by atoms with Crippen LogP contribution >= 0.6 is 0 Å². The molecular weight excluding hydrogens is 161 g/mol. The molecule has 2 rings (SSSR count). The van der Waals surface area contributed by atoms with Crippen LogP contribution in [0.2, 0.25) is 0 Å². The van der Waals surface area contributed by atoms with Crippen molar-refractivity contribution in [3.05, 3.63) is 24.3 Å². The molecule has 12 heavy (non-hydrogen) atoms. The number of fused-ring (bicyclic) bond motifs is 1. The molecule has 0 amide bonds. The van der Waals surface area contributed by atoms with Crippen molar-refractivity contribution < 1.29 is 31.0 Å². The minimum Gasteiger partial charge on any atom is -1.00 e. The number of nitrogens with zero attached hydrogens (tertiary/aromatic N) is 3. The molecule has 4 heteroatoms. The molecule has 0 aliphatic rings. The van der Waals surface area contributed by atoms with Crippen LogP contribution in [-0.2, 0) is 0 Å². The Balaban J connectivity index is 0. The third-order valence-corrected chi connectivity index (χ3v) is 1.19. The van der Waals surface area contributed by atoms with Crippen LogP contribution in [0.5, 0.6) is 0 Å². The van der Waals surface area contributed by atoms with Crippen LogP contribution in [0, 0.1) is 0 Å². The molecule has 0 N–H and O–H groups in total. The quantitative estimate of drug-likeness (QED) is 0.465. The van der Waals surface area contributed by atoms with Gasteiger partial charge in [0.05, 0.1) is 11.0 Å². The van der Waals surface area contributed by atoms with Gasteiger partial charge in [-0.15, -0.1) is 0 Å². The Hall–Kier alpha value is -0.380. The zero-order valence-corrected chi connectivity index (χ0v) is 9.65. The van der Waals surface area contributed by atoms with Crippen LogP contribution in [0.15, 0.2) is 24.3 Å². The number of benzene rings is 1.